The number of aromatic nitrogens is 4. The van der Waals surface area contributed by atoms with Crippen LogP contribution in [0.25, 0.3) is 11.2 Å². The predicted octanol–water partition coefficient (Wildman–Crippen LogP) is -1.08. The van der Waals surface area contributed by atoms with Crippen molar-refractivity contribution in [2.24, 2.45) is 0 Å². The molecule has 6 N–H and O–H groups in total. The number of ether oxygens (including phenoxy) is 1. The molecule has 0 aliphatic carbocycles. The van der Waals surface area contributed by atoms with Crippen LogP contribution in [0.4, 0.5) is 5.95 Å². The van der Waals surface area contributed by atoms with Crippen LogP contribution >= 0.6 is 11.3 Å². The lowest BCUT2D eigenvalue weighted by atomic mass is 10.2. The number of nitrogens with zero attached hydrogens (tertiary/aromatic N) is 3. The van der Waals surface area contributed by atoms with Crippen LogP contribution in [-0.2, 0) is 11.3 Å². The highest BCUT2D eigenvalue weighted by Crippen LogP contribution is 2.30. The molecule has 3 aromatic heterocycles. The van der Waals surface area contributed by atoms with Crippen molar-refractivity contribution in [2.75, 3.05) is 12.3 Å². The number of hydrogen-bond donors (Lipinski definition) is 5. The van der Waals surface area contributed by atoms with Gasteiger partial charge < -0.3 is 25.8 Å². The van der Waals surface area contributed by atoms with Crippen molar-refractivity contribution >= 4 is 34.4 Å². The Labute approximate surface area is 165 Å². The molecule has 3 atom stereocenters. The van der Waals surface area contributed by atoms with Gasteiger partial charge in [-0.2, -0.15) is 4.98 Å². The zero-order valence-electron chi connectivity index (χ0n) is 14.8. The van der Waals surface area contributed by atoms with Crippen molar-refractivity contribution in [1.29, 1.82) is 0 Å². The van der Waals surface area contributed by atoms with E-state index < -0.39 is 35.7 Å². The van der Waals surface area contributed by atoms with E-state index in [1.54, 1.807) is 11.4 Å². The van der Waals surface area contributed by atoms with E-state index in [0.29, 0.717) is 5.56 Å². The number of carboxylic acids is 1. The molecule has 13 heteroatoms. The zero-order valence-corrected chi connectivity index (χ0v) is 15.6. The first-order valence-electron chi connectivity index (χ1n) is 8.56. The van der Waals surface area contributed by atoms with E-state index >= 15 is 0 Å². The third-order valence-corrected chi connectivity index (χ3v) is 5.67. The molecule has 0 spiro atoms. The molecule has 0 radical (unpaired) electrons. The van der Waals surface area contributed by atoms with Gasteiger partial charge in [-0.05, 0) is 17.0 Å². The van der Waals surface area contributed by atoms with Crippen LogP contribution in [-0.4, -0.2) is 59.2 Å². The van der Waals surface area contributed by atoms with Gasteiger partial charge in [-0.25, -0.2) is 14.2 Å². The number of aliphatic hydroxyl groups excluding tert-OH is 2. The highest BCUT2D eigenvalue weighted by Gasteiger charge is 2.38. The number of nitrogens with one attached hydrogen (secondary N) is 1. The summed E-state index contributed by atoms with van der Waals surface area (Å²) in [6.45, 7) is -0.553. The molecular formula is C16H17N5O7S. The number of nitrogen functional groups attached to an aromatic ring is 1. The van der Waals surface area contributed by atoms with Gasteiger partial charge in [0.1, 0.15) is 11.0 Å². The molecule has 0 bridgehead atoms. The van der Waals surface area contributed by atoms with Crippen molar-refractivity contribution in [3.05, 3.63) is 42.7 Å². The summed E-state index contributed by atoms with van der Waals surface area (Å²) in [4.78, 5) is 43.5. The molecule has 4 heterocycles. The van der Waals surface area contributed by atoms with Gasteiger partial charge in [0.25, 0.3) is 5.56 Å². The number of aromatic amines is 1. The number of carbonyl (C=O) groups is 1. The summed E-state index contributed by atoms with van der Waals surface area (Å²) in [7, 11) is 0. The van der Waals surface area contributed by atoms with Crippen molar-refractivity contribution in [3.63, 3.8) is 0 Å². The molecule has 0 amide bonds. The Morgan fingerprint density at radius 2 is 2.21 bits per heavy atom. The Balaban J connectivity index is 1.93. The molecule has 0 saturated carbocycles. The van der Waals surface area contributed by atoms with E-state index in [1.165, 1.54) is 0 Å². The van der Waals surface area contributed by atoms with Crippen LogP contribution in [0.2, 0.25) is 0 Å². The predicted molar refractivity (Wildman–Crippen MR) is 101 cm³/mol. The number of aromatic carboxylic acids is 1. The number of fused-ring (bicyclic) bond motifs is 1. The van der Waals surface area contributed by atoms with E-state index in [9.17, 15) is 29.7 Å². The lowest BCUT2D eigenvalue weighted by molar-refractivity contribution is -0.0505. The third kappa shape index (κ3) is 3.13. The number of aliphatic hydroxyl groups is 2. The van der Waals surface area contributed by atoms with Gasteiger partial charge >= 0.3 is 11.7 Å². The van der Waals surface area contributed by atoms with Crippen LogP contribution in [0, 0.1) is 0 Å². The third-order valence-electron chi connectivity index (χ3n) is 4.72. The van der Waals surface area contributed by atoms with Crippen LogP contribution in [0.1, 0.15) is 27.9 Å². The SMILES string of the molecule is Nc1nc2c(c(=O)[nH]1)n(Cc1ccsc1C(=O)O)c(=O)n2[C@@H]1O[C@H](CO)C[C@H]1O. The molecule has 0 unspecified atom stereocenters. The minimum absolute atomic E-state index is 0.0372. The molecule has 1 aliphatic heterocycles. The Kier molecular flexibility index (Phi) is 4.74. The second kappa shape index (κ2) is 7.11. The van der Waals surface area contributed by atoms with Crippen molar-refractivity contribution in [1.82, 2.24) is 19.1 Å². The van der Waals surface area contributed by atoms with Gasteiger partial charge in [-0.3, -0.25) is 14.3 Å². The molecule has 12 nitrogen and oxygen atoms in total. The van der Waals surface area contributed by atoms with Gasteiger partial charge in [0.15, 0.2) is 17.4 Å². The topological polar surface area (TPSA) is 186 Å². The fourth-order valence-electron chi connectivity index (χ4n) is 3.47. The summed E-state index contributed by atoms with van der Waals surface area (Å²) in [5.41, 5.74) is 4.31. The number of hydrogen-bond acceptors (Lipinski definition) is 9. The van der Waals surface area contributed by atoms with E-state index in [-0.39, 0.29) is 41.6 Å². The second-order valence-corrected chi connectivity index (χ2v) is 7.49. The summed E-state index contributed by atoms with van der Waals surface area (Å²) in [5, 5.41) is 30.5. The highest BCUT2D eigenvalue weighted by molar-refractivity contribution is 7.12. The molecule has 4 rings (SSSR count). The number of imidazole rings is 1. The Bertz CT molecular complexity index is 1210. The van der Waals surface area contributed by atoms with Crippen LogP contribution in [0.5, 0.6) is 0 Å². The Morgan fingerprint density at radius 1 is 1.45 bits per heavy atom. The molecular weight excluding hydrogens is 406 g/mol. The minimum atomic E-state index is -1.18. The first kappa shape index (κ1) is 19.3. The summed E-state index contributed by atoms with van der Waals surface area (Å²) in [5.74, 6) is -1.38. The number of H-pyrrole nitrogens is 1. The molecule has 3 aromatic rings. The number of carboxylic acid groups (broad SMARTS) is 1. The van der Waals surface area contributed by atoms with Gasteiger partial charge in [-0.1, -0.05) is 0 Å². The smallest absolute Gasteiger partial charge is 0.346 e. The van der Waals surface area contributed by atoms with Gasteiger partial charge in [-0.15, -0.1) is 11.3 Å². The van der Waals surface area contributed by atoms with Crippen LogP contribution < -0.4 is 17.0 Å². The van der Waals surface area contributed by atoms with E-state index in [2.05, 4.69) is 9.97 Å². The molecule has 0 aromatic carbocycles. The normalized spacial score (nSPS) is 21.8. The highest BCUT2D eigenvalue weighted by atomic mass is 32.1. The van der Waals surface area contributed by atoms with Crippen molar-refractivity contribution in [2.45, 2.75) is 31.4 Å². The quantitative estimate of drug-likeness (QED) is 0.340. The fourth-order valence-corrected chi connectivity index (χ4v) is 4.23. The second-order valence-electron chi connectivity index (χ2n) is 6.58. The first-order chi connectivity index (χ1) is 13.8. The van der Waals surface area contributed by atoms with E-state index in [0.717, 1.165) is 20.5 Å². The Morgan fingerprint density at radius 3 is 2.86 bits per heavy atom. The van der Waals surface area contributed by atoms with E-state index in [1.807, 2.05) is 0 Å². The van der Waals surface area contributed by atoms with Gasteiger partial charge in [0.2, 0.25) is 5.95 Å². The molecule has 29 heavy (non-hydrogen) atoms. The summed E-state index contributed by atoms with van der Waals surface area (Å²) < 4.78 is 7.63. The van der Waals surface area contributed by atoms with Crippen molar-refractivity contribution in [3.8, 4) is 0 Å². The zero-order chi connectivity index (χ0) is 20.9. The first-order valence-corrected chi connectivity index (χ1v) is 9.44. The van der Waals surface area contributed by atoms with Crippen LogP contribution in [0.3, 0.4) is 0 Å². The van der Waals surface area contributed by atoms with Crippen molar-refractivity contribution < 1.29 is 24.9 Å². The number of nitrogens with two attached hydrogens (primary N) is 1. The van der Waals surface area contributed by atoms with Gasteiger partial charge in [0, 0.05) is 6.42 Å². The maximum atomic E-state index is 13.2. The maximum absolute atomic E-state index is 13.2. The lowest BCUT2D eigenvalue weighted by Gasteiger charge is -2.15. The maximum Gasteiger partial charge on any atom is 0.346 e. The lowest BCUT2D eigenvalue weighted by Crippen LogP contribution is -2.32. The molecule has 154 valence electrons. The summed E-state index contributed by atoms with van der Waals surface area (Å²) >= 11 is 0.995. The number of anilines is 1. The summed E-state index contributed by atoms with van der Waals surface area (Å²) in [6.07, 6.45) is -2.90. The minimum Gasteiger partial charge on any atom is -0.477 e. The Hall–Kier alpha value is -3.00. The van der Waals surface area contributed by atoms with E-state index in [4.69, 9.17) is 10.5 Å². The average molecular weight is 423 g/mol. The molecule has 1 saturated heterocycles. The number of thiophene rings is 1. The molecule has 1 fully saturated rings. The average Bonchev–Trinajstić information content (AvgIpc) is 3.33. The standard InChI is InChI=1S/C16H17N5O7S/c17-15-18-11-9(12(24)19-15)20(4-6-1-2-29-10(6)14(25)26)16(27)21(11)13-8(23)3-7(5-22)28-13/h1-2,7-8,13,22-23H,3-5H2,(H,25,26)(H3,17,18,19,24)/t7-,8+,13+/m0/s1. The molecule has 1 aliphatic rings. The summed E-state index contributed by atoms with van der Waals surface area (Å²) in [6, 6.07) is 1.55. The fraction of sp³-hybridized carbons (Fsp3) is 0.375. The van der Waals surface area contributed by atoms with Gasteiger partial charge in [0.05, 0.1) is 19.3 Å². The van der Waals surface area contributed by atoms with Crippen LogP contribution in [0.15, 0.2) is 21.0 Å². The number of rotatable bonds is 5. The monoisotopic (exact) mass is 423 g/mol. The largest absolute Gasteiger partial charge is 0.477 e.